The number of imidazole rings is 2. The van der Waals surface area contributed by atoms with E-state index in [1.165, 1.54) is 14.2 Å². The summed E-state index contributed by atoms with van der Waals surface area (Å²) in [6, 6.07) is 12.0. The Bertz CT molecular complexity index is 2230. The van der Waals surface area contributed by atoms with Crippen molar-refractivity contribution < 1.29 is 28.7 Å². The summed E-state index contributed by atoms with van der Waals surface area (Å²) in [6.45, 7) is 6.81. The lowest BCUT2D eigenvalue weighted by Crippen LogP contribution is -2.51. The molecule has 2 fully saturated rings. The second-order valence-corrected chi connectivity index (χ2v) is 14.7. The Kier molecular flexibility index (Phi) is 11.5. The van der Waals surface area contributed by atoms with Crippen molar-refractivity contribution in [2.75, 3.05) is 27.3 Å². The Hall–Kier alpha value is -6.32. The maximum atomic E-state index is 13.5. The summed E-state index contributed by atoms with van der Waals surface area (Å²) in [5, 5.41) is 5.33. The molecule has 0 spiro atoms. The van der Waals surface area contributed by atoms with Crippen molar-refractivity contribution in [3.63, 3.8) is 0 Å². The van der Waals surface area contributed by atoms with Crippen molar-refractivity contribution in [3.05, 3.63) is 72.7 Å². The molecule has 2 aliphatic rings. The number of carbonyl (C=O) groups excluding carboxylic acids is 4. The largest absolute Gasteiger partial charge is 0.453 e. The fourth-order valence-corrected chi connectivity index (χ4v) is 7.69. The summed E-state index contributed by atoms with van der Waals surface area (Å²) in [5.41, 5.74) is 6.00. The number of rotatable bonds is 11. The van der Waals surface area contributed by atoms with E-state index in [2.05, 4.69) is 35.6 Å². The van der Waals surface area contributed by atoms with Gasteiger partial charge in [-0.3, -0.25) is 9.59 Å². The van der Waals surface area contributed by atoms with Crippen LogP contribution in [0, 0.1) is 5.92 Å². The molecule has 1 unspecified atom stereocenters. The first kappa shape index (κ1) is 38.9. The second kappa shape index (κ2) is 16.8. The first-order valence-corrected chi connectivity index (χ1v) is 19.4. The third-order valence-corrected chi connectivity index (χ3v) is 10.8. The molecular weight excluding hydrogens is 729 g/mol. The number of carbonyl (C=O) groups is 4. The number of alkyl carbamates (subject to hydrolysis) is 2. The Morgan fingerprint density at radius 2 is 1.37 bits per heavy atom. The number of H-pyrrole nitrogens is 2. The molecule has 3 aromatic heterocycles. The van der Waals surface area contributed by atoms with Gasteiger partial charge < -0.3 is 39.9 Å². The monoisotopic (exact) mass is 776 g/mol. The van der Waals surface area contributed by atoms with Crippen LogP contribution < -0.4 is 10.6 Å². The number of hydrogen-bond acceptors (Lipinski definition) is 10. The summed E-state index contributed by atoms with van der Waals surface area (Å²) in [6.07, 6.45) is 7.77. The third-order valence-electron chi connectivity index (χ3n) is 10.8. The number of benzene rings is 2. The Morgan fingerprint density at radius 3 is 2.02 bits per heavy atom. The van der Waals surface area contributed by atoms with E-state index < -0.39 is 24.3 Å². The van der Waals surface area contributed by atoms with Gasteiger partial charge in [0.2, 0.25) is 11.8 Å². The van der Waals surface area contributed by atoms with Gasteiger partial charge in [0.05, 0.1) is 49.2 Å². The number of likely N-dealkylation sites (tertiary alicyclic amines) is 2. The van der Waals surface area contributed by atoms with Gasteiger partial charge in [-0.2, -0.15) is 0 Å². The summed E-state index contributed by atoms with van der Waals surface area (Å²) in [5.74, 6) is 1.58. The number of fused-ring (bicyclic) bond motifs is 1. The minimum atomic E-state index is -0.697. The molecule has 5 aromatic rings. The van der Waals surface area contributed by atoms with E-state index in [0.717, 1.165) is 64.7 Å². The van der Waals surface area contributed by atoms with Crippen LogP contribution in [0.2, 0.25) is 0 Å². The van der Waals surface area contributed by atoms with Gasteiger partial charge in [-0.15, -0.1) is 0 Å². The molecule has 0 bridgehead atoms. The summed E-state index contributed by atoms with van der Waals surface area (Å²) in [4.78, 5) is 80.0. The number of nitrogens with one attached hydrogen (secondary N) is 4. The van der Waals surface area contributed by atoms with Gasteiger partial charge in [0, 0.05) is 36.6 Å². The van der Waals surface area contributed by atoms with Crippen LogP contribution in [-0.4, -0.2) is 103 Å². The van der Waals surface area contributed by atoms with Gasteiger partial charge in [-0.05, 0) is 61.3 Å². The Morgan fingerprint density at radius 1 is 0.754 bits per heavy atom. The van der Waals surface area contributed by atoms with Crippen molar-refractivity contribution in [2.45, 2.75) is 77.0 Å². The third kappa shape index (κ3) is 8.16. The lowest BCUT2D eigenvalue weighted by Gasteiger charge is -2.30. The molecule has 16 heteroatoms. The summed E-state index contributed by atoms with van der Waals surface area (Å²) >= 11 is 0. The number of ether oxygens (including phenoxy) is 2. The van der Waals surface area contributed by atoms with Crippen LogP contribution in [0.1, 0.15) is 76.6 Å². The fourth-order valence-electron chi connectivity index (χ4n) is 7.69. The molecule has 5 heterocycles. The highest BCUT2D eigenvalue weighted by Gasteiger charge is 2.38. The number of amides is 4. The lowest BCUT2D eigenvalue weighted by atomic mass is 10.0. The zero-order chi connectivity index (χ0) is 40.2. The standard InChI is InChI=1S/C41H48N10O6/c1-6-28(48-40(54)56-4)38(52)50-17-8-10-33(50)37-45-29-16-15-26(19-30(29)46-37)27-20-42-35(43-21-27)25-13-11-24(12-14-25)31-22-44-36(47-31)32-9-7-18-51(32)39(53)34(23(2)3)49-41(55)57-5/h11-16,19-23,28,32-34H,6-10,17-18H2,1-5H3,(H,44,47)(H,45,46)(H,48,54)(H,49,55)/t28-,32?,33-,34-/m0/s1. The van der Waals surface area contributed by atoms with Crippen LogP contribution in [-0.2, 0) is 19.1 Å². The van der Waals surface area contributed by atoms with Gasteiger partial charge in [0.1, 0.15) is 23.7 Å². The molecule has 0 radical (unpaired) electrons. The molecule has 4 amide bonds. The molecule has 7 rings (SSSR count). The molecule has 0 saturated carbocycles. The highest BCUT2D eigenvalue weighted by atomic mass is 16.5. The topological polar surface area (TPSA) is 200 Å². The average Bonchev–Trinajstić information content (AvgIpc) is 4.07. The molecule has 4 N–H and O–H groups in total. The number of methoxy groups -OCH3 is 2. The Labute approximate surface area is 330 Å². The minimum Gasteiger partial charge on any atom is -0.453 e. The molecular formula is C41H48N10O6. The van der Waals surface area contributed by atoms with Crippen LogP contribution in [0.3, 0.4) is 0 Å². The molecule has 0 aliphatic carbocycles. The van der Waals surface area contributed by atoms with Crippen LogP contribution in [0.25, 0.3) is 44.8 Å². The molecule has 2 aliphatic heterocycles. The van der Waals surface area contributed by atoms with Crippen LogP contribution in [0.5, 0.6) is 0 Å². The summed E-state index contributed by atoms with van der Waals surface area (Å²) < 4.78 is 9.46. The van der Waals surface area contributed by atoms with Gasteiger partial charge in [-0.1, -0.05) is 51.1 Å². The van der Waals surface area contributed by atoms with E-state index in [4.69, 9.17) is 14.5 Å². The number of nitrogens with zero attached hydrogens (tertiary/aromatic N) is 6. The predicted molar refractivity (Wildman–Crippen MR) is 211 cm³/mol. The normalized spacial score (nSPS) is 17.8. The molecule has 298 valence electrons. The van der Waals surface area contributed by atoms with E-state index >= 15 is 0 Å². The summed E-state index contributed by atoms with van der Waals surface area (Å²) in [7, 11) is 2.56. The van der Waals surface area contributed by atoms with Crippen molar-refractivity contribution in [2.24, 2.45) is 5.92 Å². The average molecular weight is 777 g/mol. The number of hydrogen-bond donors (Lipinski definition) is 4. The van der Waals surface area contributed by atoms with Crippen LogP contribution in [0.4, 0.5) is 9.59 Å². The highest BCUT2D eigenvalue weighted by Crippen LogP contribution is 2.35. The molecule has 2 aromatic carbocycles. The quantitative estimate of drug-likeness (QED) is 0.125. The Balaban J connectivity index is 1.01. The van der Waals surface area contributed by atoms with E-state index in [1.54, 1.807) is 28.4 Å². The second-order valence-electron chi connectivity index (χ2n) is 14.7. The zero-order valence-electron chi connectivity index (χ0n) is 32.7. The number of aromatic amines is 2. The van der Waals surface area contributed by atoms with Gasteiger partial charge in [-0.25, -0.2) is 29.5 Å². The predicted octanol–water partition coefficient (Wildman–Crippen LogP) is 5.92. The molecule has 57 heavy (non-hydrogen) atoms. The maximum absolute atomic E-state index is 13.5. The van der Waals surface area contributed by atoms with Crippen LogP contribution >= 0.6 is 0 Å². The number of aromatic nitrogens is 6. The maximum Gasteiger partial charge on any atom is 0.407 e. The van der Waals surface area contributed by atoms with Crippen molar-refractivity contribution in [1.82, 2.24) is 50.3 Å². The van der Waals surface area contributed by atoms with E-state index in [9.17, 15) is 19.2 Å². The van der Waals surface area contributed by atoms with E-state index in [1.807, 2.05) is 63.2 Å². The molecule has 16 nitrogen and oxygen atoms in total. The van der Waals surface area contributed by atoms with E-state index in [-0.39, 0.29) is 29.8 Å². The van der Waals surface area contributed by atoms with Gasteiger partial charge in [0.25, 0.3) is 0 Å². The lowest BCUT2D eigenvalue weighted by molar-refractivity contribution is -0.135. The van der Waals surface area contributed by atoms with Gasteiger partial charge in [0.15, 0.2) is 5.82 Å². The fraction of sp³-hybridized carbons (Fsp3) is 0.415. The molecule has 2 saturated heterocycles. The first-order valence-electron chi connectivity index (χ1n) is 19.4. The zero-order valence-corrected chi connectivity index (χ0v) is 32.7. The van der Waals surface area contributed by atoms with Crippen molar-refractivity contribution >= 4 is 35.0 Å². The smallest absolute Gasteiger partial charge is 0.407 e. The van der Waals surface area contributed by atoms with Crippen LogP contribution in [0.15, 0.2) is 61.1 Å². The molecule has 4 atom stereocenters. The van der Waals surface area contributed by atoms with E-state index in [0.29, 0.717) is 37.0 Å². The van der Waals surface area contributed by atoms with Crippen molar-refractivity contribution in [3.8, 4) is 33.8 Å². The highest BCUT2D eigenvalue weighted by molar-refractivity contribution is 5.87. The SMILES string of the molecule is CC[C@H](NC(=O)OC)C(=O)N1CCC[C@H]1c1nc2ccc(-c3cnc(-c4ccc(-c5cnc(C6CCCN6C(=O)[C@@H](NC(=O)OC)C(C)C)[nH]5)cc4)nc3)cc2[nH]1. The van der Waals surface area contributed by atoms with Crippen molar-refractivity contribution in [1.29, 1.82) is 0 Å². The minimum absolute atomic E-state index is 0.113. The first-order chi connectivity index (χ1) is 27.6. The van der Waals surface area contributed by atoms with Gasteiger partial charge >= 0.3 is 12.2 Å².